The molecule has 0 amide bonds. The molecule has 14 heavy (non-hydrogen) atoms. The van der Waals surface area contributed by atoms with E-state index in [0.717, 1.165) is 12.8 Å². The lowest BCUT2D eigenvalue weighted by Crippen LogP contribution is -2.16. The summed E-state index contributed by atoms with van der Waals surface area (Å²) in [6, 6.07) is 0. The van der Waals surface area contributed by atoms with Crippen molar-refractivity contribution in [3.63, 3.8) is 0 Å². The highest BCUT2D eigenvalue weighted by Gasteiger charge is 2.23. The fourth-order valence-electron chi connectivity index (χ4n) is 1.65. The van der Waals surface area contributed by atoms with Gasteiger partial charge in [0.15, 0.2) is 0 Å². The van der Waals surface area contributed by atoms with Crippen LogP contribution in [0.3, 0.4) is 0 Å². The van der Waals surface area contributed by atoms with E-state index < -0.39 is 0 Å². The molecular weight excluding hydrogens is 170 g/mol. The molecule has 1 heteroatoms. The Morgan fingerprint density at radius 3 is 2.79 bits per heavy atom. The van der Waals surface area contributed by atoms with Crippen molar-refractivity contribution in [1.82, 2.24) is 5.32 Å². The van der Waals surface area contributed by atoms with Gasteiger partial charge in [0.05, 0.1) is 0 Å². The third-order valence-electron chi connectivity index (χ3n) is 2.83. The van der Waals surface area contributed by atoms with Gasteiger partial charge in [-0.05, 0) is 36.1 Å². The first-order valence-electron chi connectivity index (χ1n) is 5.35. The van der Waals surface area contributed by atoms with Crippen LogP contribution in [0, 0.1) is 5.41 Å². The van der Waals surface area contributed by atoms with Crippen LogP contribution in [0.25, 0.3) is 0 Å². The summed E-state index contributed by atoms with van der Waals surface area (Å²) in [5.74, 6) is 0. The molecule has 1 aliphatic rings. The van der Waals surface area contributed by atoms with E-state index in [1.165, 1.54) is 11.1 Å². The molecule has 0 saturated carbocycles. The Kier molecular flexibility index (Phi) is 3.56. The van der Waals surface area contributed by atoms with Crippen molar-refractivity contribution in [2.75, 3.05) is 7.05 Å². The molecule has 1 N–H and O–H groups in total. The molecule has 0 aromatic rings. The fraction of sp³-hybridized carbons (Fsp3) is 0.538. The standard InChI is InChI=1S/C13H21N/c1-5-11-6-8-13(2,3)12(10-11)7-9-14-4/h6-7,9-10,14H,5,8H2,1-4H3/b9-7-. The van der Waals surface area contributed by atoms with Gasteiger partial charge >= 0.3 is 0 Å². The van der Waals surface area contributed by atoms with E-state index in [4.69, 9.17) is 0 Å². The van der Waals surface area contributed by atoms with Gasteiger partial charge in [0.25, 0.3) is 0 Å². The Bertz CT molecular complexity index is 280. The van der Waals surface area contributed by atoms with Crippen molar-refractivity contribution in [3.8, 4) is 0 Å². The third-order valence-corrected chi connectivity index (χ3v) is 2.83. The SMILES string of the molecule is CCC1=CCC(C)(C)C(/C=C\NC)=C1. The van der Waals surface area contributed by atoms with Crippen molar-refractivity contribution in [3.05, 3.63) is 35.6 Å². The van der Waals surface area contributed by atoms with Gasteiger partial charge in [-0.2, -0.15) is 0 Å². The van der Waals surface area contributed by atoms with Crippen molar-refractivity contribution in [2.45, 2.75) is 33.6 Å². The lowest BCUT2D eigenvalue weighted by Gasteiger charge is -2.29. The van der Waals surface area contributed by atoms with Crippen molar-refractivity contribution >= 4 is 0 Å². The van der Waals surface area contributed by atoms with Crippen LogP contribution >= 0.6 is 0 Å². The number of hydrogen-bond donors (Lipinski definition) is 1. The molecule has 0 spiro atoms. The normalized spacial score (nSPS) is 20.6. The highest BCUT2D eigenvalue weighted by molar-refractivity contribution is 5.38. The molecule has 0 aromatic carbocycles. The summed E-state index contributed by atoms with van der Waals surface area (Å²) in [4.78, 5) is 0. The average Bonchev–Trinajstić information content (AvgIpc) is 2.16. The summed E-state index contributed by atoms with van der Waals surface area (Å²) < 4.78 is 0. The zero-order valence-corrected chi connectivity index (χ0v) is 9.72. The molecule has 0 heterocycles. The quantitative estimate of drug-likeness (QED) is 0.721. The van der Waals surface area contributed by atoms with E-state index in [9.17, 15) is 0 Å². The van der Waals surface area contributed by atoms with Crippen LogP contribution in [-0.4, -0.2) is 7.05 Å². The second-order valence-corrected chi connectivity index (χ2v) is 4.44. The highest BCUT2D eigenvalue weighted by atomic mass is 14.8. The maximum Gasteiger partial charge on any atom is 0.00277 e. The summed E-state index contributed by atoms with van der Waals surface area (Å²) in [6.07, 6.45) is 11.1. The number of rotatable bonds is 3. The molecule has 1 nitrogen and oxygen atoms in total. The molecule has 0 bridgehead atoms. The monoisotopic (exact) mass is 191 g/mol. The van der Waals surface area contributed by atoms with Crippen LogP contribution in [0.4, 0.5) is 0 Å². The van der Waals surface area contributed by atoms with Gasteiger partial charge in [-0.15, -0.1) is 0 Å². The van der Waals surface area contributed by atoms with E-state index in [0.29, 0.717) is 0 Å². The average molecular weight is 191 g/mol. The smallest absolute Gasteiger partial charge is 0.00277 e. The summed E-state index contributed by atoms with van der Waals surface area (Å²) in [6.45, 7) is 6.80. The van der Waals surface area contributed by atoms with Crippen molar-refractivity contribution in [2.24, 2.45) is 5.41 Å². The van der Waals surface area contributed by atoms with Crippen LogP contribution in [0.5, 0.6) is 0 Å². The summed E-state index contributed by atoms with van der Waals surface area (Å²) in [5, 5.41) is 3.04. The molecule has 0 saturated heterocycles. The first-order valence-corrected chi connectivity index (χ1v) is 5.35. The van der Waals surface area contributed by atoms with Gasteiger partial charge in [-0.3, -0.25) is 0 Å². The van der Waals surface area contributed by atoms with Crippen LogP contribution in [0.2, 0.25) is 0 Å². The zero-order chi connectivity index (χ0) is 10.6. The molecule has 0 aromatic heterocycles. The van der Waals surface area contributed by atoms with E-state index >= 15 is 0 Å². The maximum atomic E-state index is 3.04. The molecule has 1 aliphatic carbocycles. The van der Waals surface area contributed by atoms with Crippen molar-refractivity contribution in [1.29, 1.82) is 0 Å². The second-order valence-electron chi connectivity index (χ2n) is 4.44. The lowest BCUT2D eigenvalue weighted by molar-refractivity contribution is 0.456. The Balaban J connectivity index is 2.89. The molecule has 0 atom stereocenters. The fourth-order valence-corrected chi connectivity index (χ4v) is 1.65. The van der Waals surface area contributed by atoms with Crippen LogP contribution in [0.15, 0.2) is 35.6 Å². The first-order chi connectivity index (χ1) is 6.60. The van der Waals surface area contributed by atoms with Gasteiger partial charge in [0.1, 0.15) is 0 Å². The zero-order valence-electron chi connectivity index (χ0n) is 9.72. The van der Waals surface area contributed by atoms with Crippen molar-refractivity contribution < 1.29 is 0 Å². The molecule has 0 unspecified atom stereocenters. The Morgan fingerprint density at radius 2 is 2.21 bits per heavy atom. The predicted molar refractivity (Wildman–Crippen MR) is 63.1 cm³/mol. The number of allylic oxidation sites excluding steroid dienone is 5. The van der Waals surface area contributed by atoms with Gasteiger partial charge in [0, 0.05) is 7.05 Å². The minimum Gasteiger partial charge on any atom is -0.394 e. The Hall–Kier alpha value is -0.980. The van der Waals surface area contributed by atoms with Gasteiger partial charge < -0.3 is 5.32 Å². The van der Waals surface area contributed by atoms with Crippen LogP contribution in [0.1, 0.15) is 33.6 Å². The van der Waals surface area contributed by atoms with E-state index in [-0.39, 0.29) is 5.41 Å². The van der Waals surface area contributed by atoms with Gasteiger partial charge in [-0.25, -0.2) is 0 Å². The molecule has 0 fully saturated rings. The summed E-state index contributed by atoms with van der Waals surface area (Å²) in [5.41, 5.74) is 3.16. The number of hydrogen-bond acceptors (Lipinski definition) is 1. The Labute approximate surface area is 87.6 Å². The summed E-state index contributed by atoms with van der Waals surface area (Å²) in [7, 11) is 1.93. The molecule has 0 radical (unpaired) electrons. The topological polar surface area (TPSA) is 12.0 Å². The second kappa shape index (κ2) is 4.50. The van der Waals surface area contributed by atoms with E-state index in [2.05, 4.69) is 44.3 Å². The van der Waals surface area contributed by atoms with Crippen LogP contribution < -0.4 is 5.32 Å². The maximum absolute atomic E-state index is 3.04. The lowest BCUT2D eigenvalue weighted by atomic mass is 9.76. The van der Waals surface area contributed by atoms with Gasteiger partial charge in [0.2, 0.25) is 0 Å². The Morgan fingerprint density at radius 1 is 1.50 bits per heavy atom. The minimum absolute atomic E-state index is 0.284. The molecule has 0 aliphatic heterocycles. The van der Waals surface area contributed by atoms with E-state index in [1.807, 2.05) is 13.2 Å². The molecule has 78 valence electrons. The van der Waals surface area contributed by atoms with E-state index in [1.54, 1.807) is 0 Å². The third kappa shape index (κ3) is 2.50. The largest absolute Gasteiger partial charge is 0.394 e. The minimum atomic E-state index is 0.284. The molecule has 1 rings (SSSR count). The first kappa shape index (κ1) is 11.1. The summed E-state index contributed by atoms with van der Waals surface area (Å²) >= 11 is 0. The highest BCUT2D eigenvalue weighted by Crippen LogP contribution is 2.36. The van der Waals surface area contributed by atoms with Crippen LogP contribution in [-0.2, 0) is 0 Å². The molecular formula is C13H21N. The number of nitrogens with one attached hydrogen (secondary N) is 1. The van der Waals surface area contributed by atoms with Gasteiger partial charge in [-0.1, -0.05) is 38.5 Å². The predicted octanol–water partition coefficient (Wildman–Crippen LogP) is 3.41.